The second kappa shape index (κ2) is 6.61. The van der Waals surface area contributed by atoms with Crippen molar-refractivity contribution < 1.29 is 14.1 Å². The molecule has 0 N–H and O–H groups in total. The summed E-state index contributed by atoms with van der Waals surface area (Å²) >= 11 is 1.76. The maximum absolute atomic E-state index is 11.3. The van der Waals surface area contributed by atoms with Gasteiger partial charge in [-0.25, -0.2) is 0 Å². The molecule has 0 unspecified atom stereocenters. The van der Waals surface area contributed by atoms with Crippen LogP contribution in [0.25, 0.3) is 0 Å². The van der Waals surface area contributed by atoms with Gasteiger partial charge < -0.3 is 9.26 Å². The smallest absolute Gasteiger partial charge is 0.306 e. The number of hydrogen-bond donors (Lipinski definition) is 0. The number of aromatic nitrogens is 2. The minimum Gasteiger partial charge on any atom is -0.469 e. The molecule has 1 aromatic heterocycles. The lowest BCUT2D eigenvalue weighted by Gasteiger charge is -2.11. The number of ether oxygens (including phenoxy) is 1. The standard InChI is InChI=1S/C14H22N2O3S/c1-10(2)6-11-15-12(19-16-11)8-20-9-14(4-5-14)7-13(17)18-3/h10H,4-9H2,1-3H3. The molecule has 1 aromatic rings. The molecule has 6 heteroatoms. The molecule has 112 valence electrons. The van der Waals surface area contributed by atoms with Crippen LogP contribution in [0.1, 0.15) is 44.8 Å². The third-order valence-corrected chi connectivity index (χ3v) is 4.71. The van der Waals surface area contributed by atoms with Gasteiger partial charge in [0.25, 0.3) is 0 Å². The van der Waals surface area contributed by atoms with E-state index in [-0.39, 0.29) is 11.4 Å². The molecule has 0 aliphatic heterocycles. The number of rotatable bonds is 8. The highest BCUT2D eigenvalue weighted by molar-refractivity contribution is 7.98. The van der Waals surface area contributed by atoms with E-state index >= 15 is 0 Å². The summed E-state index contributed by atoms with van der Waals surface area (Å²) in [7, 11) is 1.44. The fourth-order valence-electron chi connectivity index (χ4n) is 2.08. The van der Waals surface area contributed by atoms with E-state index in [0.29, 0.717) is 24.0 Å². The zero-order valence-electron chi connectivity index (χ0n) is 12.3. The van der Waals surface area contributed by atoms with Gasteiger partial charge in [0.2, 0.25) is 5.89 Å². The van der Waals surface area contributed by atoms with Gasteiger partial charge in [0, 0.05) is 6.42 Å². The molecule has 0 atom stereocenters. The van der Waals surface area contributed by atoms with Gasteiger partial charge >= 0.3 is 5.97 Å². The fraction of sp³-hybridized carbons (Fsp3) is 0.786. The molecular weight excluding hydrogens is 276 g/mol. The van der Waals surface area contributed by atoms with E-state index < -0.39 is 0 Å². The Morgan fingerprint density at radius 2 is 2.25 bits per heavy atom. The minimum atomic E-state index is -0.111. The molecule has 0 saturated heterocycles. The molecule has 0 amide bonds. The molecule has 2 rings (SSSR count). The highest BCUT2D eigenvalue weighted by Crippen LogP contribution is 2.51. The predicted molar refractivity (Wildman–Crippen MR) is 77.3 cm³/mol. The predicted octanol–water partition coefficient (Wildman–Crippen LogP) is 2.84. The molecule has 20 heavy (non-hydrogen) atoms. The normalized spacial score (nSPS) is 16.4. The van der Waals surface area contributed by atoms with Gasteiger partial charge in [0.05, 0.1) is 19.3 Å². The monoisotopic (exact) mass is 298 g/mol. The number of nitrogens with zero attached hydrogens (tertiary/aromatic N) is 2. The molecule has 0 radical (unpaired) electrons. The minimum absolute atomic E-state index is 0.111. The van der Waals surface area contributed by atoms with Crippen LogP contribution in [-0.4, -0.2) is 29.0 Å². The number of thioether (sulfide) groups is 1. The topological polar surface area (TPSA) is 65.2 Å². The molecular formula is C14H22N2O3S. The Morgan fingerprint density at radius 3 is 2.85 bits per heavy atom. The molecule has 5 nitrogen and oxygen atoms in total. The van der Waals surface area contributed by atoms with E-state index in [1.165, 1.54) is 7.11 Å². The van der Waals surface area contributed by atoms with E-state index in [1.807, 2.05) is 0 Å². The first-order valence-electron chi connectivity index (χ1n) is 6.99. The fourth-order valence-corrected chi connectivity index (χ4v) is 3.30. The summed E-state index contributed by atoms with van der Waals surface area (Å²) in [6.07, 6.45) is 3.59. The lowest BCUT2D eigenvalue weighted by Crippen LogP contribution is -2.13. The average molecular weight is 298 g/mol. The number of carbonyl (C=O) groups is 1. The Kier molecular flexibility index (Phi) is 5.07. The van der Waals surface area contributed by atoms with Crippen LogP contribution in [0.4, 0.5) is 0 Å². The summed E-state index contributed by atoms with van der Waals surface area (Å²) in [5, 5.41) is 3.98. The quantitative estimate of drug-likeness (QED) is 0.688. The average Bonchev–Trinajstić information content (AvgIpc) is 3.00. The van der Waals surface area contributed by atoms with Gasteiger partial charge in [-0.15, -0.1) is 0 Å². The largest absolute Gasteiger partial charge is 0.469 e. The van der Waals surface area contributed by atoms with Gasteiger partial charge in [-0.1, -0.05) is 19.0 Å². The van der Waals surface area contributed by atoms with Crippen LogP contribution in [0.3, 0.4) is 0 Å². The summed E-state index contributed by atoms with van der Waals surface area (Å²) in [6.45, 7) is 4.27. The van der Waals surface area contributed by atoms with Crippen molar-refractivity contribution in [1.29, 1.82) is 0 Å². The summed E-state index contributed by atoms with van der Waals surface area (Å²) in [4.78, 5) is 15.7. The lowest BCUT2D eigenvalue weighted by molar-refractivity contribution is -0.141. The second-order valence-electron chi connectivity index (χ2n) is 5.95. The van der Waals surface area contributed by atoms with Crippen LogP contribution in [0.5, 0.6) is 0 Å². The molecule has 1 heterocycles. The molecule has 0 spiro atoms. The zero-order valence-corrected chi connectivity index (χ0v) is 13.2. The molecule has 0 bridgehead atoms. The van der Waals surface area contributed by atoms with Crippen molar-refractivity contribution in [2.45, 2.75) is 45.3 Å². The van der Waals surface area contributed by atoms with Crippen LogP contribution in [0, 0.1) is 11.3 Å². The van der Waals surface area contributed by atoms with Crippen LogP contribution in [0.15, 0.2) is 4.52 Å². The van der Waals surface area contributed by atoms with Crippen LogP contribution in [0.2, 0.25) is 0 Å². The Labute approximate surface area is 123 Å². The van der Waals surface area contributed by atoms with E-state index in [1.54, 1.807) is 11.8 Å². The number of carbonyl (C=O) groups excluding carboxylic acids is 1. The zero-order chi connectivity index (χ0) is 14.6. The maximum atomic E-state index is 11.3. The van der Waals surface area contributed by atoms with E-state index in [4.69, 9.17) is 9.26 Å². The Balaban J connectivity index is 1.73. The van der Waals surface area contributed by atoms with Crippen LogP contribution < -0.4 is 0 Å². The van der Waals surface area contributed by atoms with Crippen LogP contribution in [-0.2, 0) is 21.7 Å². The molecule has 1 aliphatic carbocycles. The third kappa shape index (κ3) is 4.51. The third-order valence-electron chi connectivity index (χ3n) is 3.44. The van der Waals surface area contributed by atoms with Gasteiger partial charge in [0.1, 0.15) is 0 Å². The van der Waals surface area contributed by atoms with Crippen molar-refractivity contribution in [2.24, 2.45) is 11.3 Å². The number of methoxy groups -OCH3 is 1. The summed E-state index contributed by atoms with van der Waals surface area (Å²) in [6, 6.07) is 0. The first kappa shape index (κ1) is 15.4. The highest BCUT2D eigenvalue weighted by atomic mass is 32.2. The number of esters is 1. The van der Waals surface area contributed by atoms with Crippen molar-refractivity contribution >= 4 is 17.7 Å². The van der Waals surface area contributed by atoms with E-state index in [2.05, 4.69) is 24.0 Å². The van der Waals surface area contributed by atoms with Gasteiger partial charge in [-0.2, -0.15) is 16.7 Å². The maximum Gasteiger partial charge on any atom is 0.306 e. The Bertz CT molecular complexity index is 455. The van der Waals surface area contributed by atoms with Gasteiger partial charge in [0.15, 0.2) is 5.82 Å². The van der Waals surface area contributed by atoms with E-state index in [9.17, 15) is 4.79 Å². The lowest BCUT2D eigenvalue weighted by atomic mass is 10.1. The molecule has 0 aromatic carbocycles. The van der Waals surface area contributed by atoms with Crippen molar-refractivity contribution in [3.8, 4) is 0 Å². The first-order valence-corrected chi connectivity index (χ1v) is 8.14. The molecule has 1 saturated carbocycles. The van der Waals surface area contributed by atoms with Crippen molar-refractivity contribution in [2.75, 3.05) is 12.9 Å². The van der Waals surface area contributed by atoms with Gasteiger partial charge in [-0.05, 0) is 29.9 Å². The SMILES string of the molecule is COC(=O)CC1(CSCc2nc(CC(C)C)no2)CC1. The summed E-state index contributed by atoms with van der Waals surface area (Å²) < 4.78 is 9.97. The summed E-state index contributed by atoms with van der Waals surface area (Å²) in [5.41, 5.74) is 0.151. The van der Waals surface area contributed by atoms with E-state index in [0.717, 1.165) is 30.8 Å². The summed E-state index contributed by atoms with van der Waals surface area (Å²) in [5.74, 6) is 3.55. The Hall–Kier alpha value is -1.04. The number of hydrogen-bond acceptors (Lipinski definition) is 6. The van der Waals surface area contributed by atoms with Crippen molar-refractivity contribution in [3.05, 3.63) is 11.7 Å². The van der Waals surface area contributed by atoms with Crippen molar-refractivity contribution in [3.63, 3.8) is 0 Å². The first-order chi connectivity index (χ1) is 9.53. The van der Waals surface area contributed by atoms with Crippen LogP contribution >= 0.6 is 11.8 Å². The molecule has 1 aliphatic rings. The van der Waals surface area contributed by atoms with Crippen molar-refractivity contribution in [1.82, 2.24) is 10.1 Å². The highest BCUT2D eigenvalue weighted by Gasteiger charge is 2.44. The Morgan fingerprint density at radius 1 is 1.50 bits per heavy atom. The second-order valence-corrected chi connectivity index (χ2v) is 6.93. The molecule has 1 fully saturated rings. The van der Waals surface area contributed by atoms with Gasteiger partial charge in [-0.3, -0.25) is 4.79 Å².